The maximum absolute atomic E-state index is 3.47. The number of rotatable bonds is 7. The van der Waals surface area contributed by atoms with E-state index in [9.17, 15) is 0 Å². The molecule has 0 spiro atoms. The van der Waals surface area contributed by atoms with Crippen molar-refractivity contribution in [3.8, 4) is 0 Å². The van der Waals surface area contributed by atoms with Crippen LogP contribution in [-0.2, 0) is 0 Å². The highest BCUT2D eigenvalue weighted by molar-refractivity contribution is 7.98. The number of nitrogens with one attached hydrogen (secondary N) is 1. The fourth-order valence-electron chi connectivity index (χ4n) is 2.34. The minimum absolute atomic E-state index is 0.717. The highest BCUT2D eigenvalue weighted by Gasteiger charge is 2.34. The van der Waals surface area contributed by atoms with Gasteiger partial charge in [-0.05, 0) is 52.1 Å². The summed E-state index contributed by atoms with van der Waals surface area (Å²) in [6, 6.07) is 1.54. The second-order valence-corrected chi connectivity index (χ2v) is 5.59. The SMILES string of the molecule is CCNCC1CCC1N(C)C(C)CSC. The average Bonchev–Trinajstić information content (AvgIpc) is 2.17. The number of nitrogens with zero attached hydrogens (tertiary/aromatic N) is 1. The molecule has 0 bridgehead atoms. The quantitative estimate of drug-likeness (QED) is 0.721. The van der Waals surface area contributed by atoms with Crippen molar-refractivity contribution in [1.82, 2.24) is 10.2 Å². The van der Waals surface area contributed by atoms with Gasteiger partial charge in [0.1, 0.15) is 0 Å². The molecule has 1 rings (SSSR count). The third kappa shape index (κ3) is 3.65. The van der Waals surface area contributed by atoms with Gasteiger partial charge < -0.3 is 5.32 Å². The molecule has 1 aliphatic carbocycles. The van der Waals surface area contributed by atoms with Crippen molar-refractivity contribution in [3.05, 3.63) is 0 Å². The van der Waals surface area contributed by atoms with Crippen LogP contribution in [0.2, 0.25) is 0 Å². The molecular formula is C12H26N2S. The van der Waals surface area contributed by atoms with E-state index in [1.165, 1.54) is 25.1 Å². The normalized spacial score (nSPS) is 27.8. The molecule has 0 aromatic rings. The Morgan fingerprint density at radius 3 is 2.67 bits per heavy atom. The zero-order valence-corrected chi connectivity index (χ0v) is 11.4. The summed E-state index contributed by atoms with van der Waals surface area (Å²) in [5.74, 6) is 2.14. The molecule has 3 heteroatoms. The van der Waals surface area contributed by atoms with E-state index in [0.29, 0.717) is 0 Å². The van der Waals surface area contributed by atoms with Crippen LogP contribution in [0.4, 0.5) is 0 Å². The summed E-state index contributed by atoms with van der Waals surface area (Å²) in [6.07, 6.45) is 5.00. The molecule has 0 aromatic carbocycles. The lowest BCUT2D eigenvalue weighted by Gasteiger charge is -2.45. The van der Waals surface area contributed by atoms with Gasteiger partial charge in [-0.15, -0.1) is 0 Å². The molecule has 0 amide bonds. The molecule has 0 heterocycles. The molecular weight excluding hydrogens is 204 g/mol. The molecule has 0 aliphatic heterocycles. The maximum atomic E-state index is 3.47. The molecule has 0 aromatic heterocycles. The summed E-state index contributed by atoms with van der Waals surface area (Å²) in [7, 11) is 2.30. The van der Waals surface area contributed by atoms with E-state index in [1.54, 1.807) is 0 Å². The van der Waals surface area contributed by atoms with Crippen molar-refractivity contribution in [2.24, 2.45) is 5.92 Å². The fraction of sp³-hybridized carbons (Fsp3) is 1.00. The van der Waals surface area contributed by atoms with Crippen LogP contribution in [0.1, 0.15) is 26.7 Å². The summed E-state index contributed by atoms with van der Waals surface area (Å²) in [5, 5.41) is 3.47. The summed E-state index contributed by atoms with van der Waals surface area (Å²) < 4.78 is 0. The van der Waals surface area contributed by atoms with Crippen LogP contribution >= 0.6 is 11.8 Å². The molecule has 90 valence electrons. The molecule has 1 saturated carbocycles. The summed E-state index contributed by atoms with van der Waals surface area (Å²) >= 11 is 1.95. The van der Waals surface area contributed by atoms with E-state index in [4.69, 9.17) is 0 Å². The molecule has 3 atom stereocenters. The topological polar surface area (TPSA) is 15.3 Å². The lowest BCUT2D eigenvalue weighted by Crippen LogP contribution is -2.52. The molecule has 1 aliphatic rings. The molecule has 15 heavy (non-hydrogen) atoms. The van der Waals surface area contributed by atoms with Gasteiger partial charge in [0.05, 0.1) is 0 Å². The van der Waals surface area contributed by atoms with Gasteiger partial charge in [0.25, 0.3) is 0 Å². The Balaban J connectivity index is 2.29. The van der Waals surface area contributed by atoms with Gasteiger partial charge in [-0.1, -0.05) is 6.92 Å². The Morgan fingerprint density at radius 1 is 1.47 bits per heavy atom. The predicted octanol–water partition coefficient (Wildman–Crippen LogP) is 2.06. The van der Waals surface area contributed by atoms with E-state index < -0.39 is 0 Å². The molecule has 0 saturated heterocycles. The van der Waals surface area contributed by atoms with Gasteiger partial charge in [-0.25, -0.2) is 0 Å². The van der Waals surface area contributed by atoms with Gasteiger partial charge in [-0.2, -0.15) is 11.8 Å². The lowest BCUT2D eigenvalue weighted by molar-refractivity contribution is 0.0626. The molecule has 1 N–H and O–H groups in total. The van der Waals surface area contributed by atoms with E-state index in [0.717, 1.165) is 24.5 Å². The largest absolute Gasteiger partial charge is 0.317 e. The van der Waals surface area contributed by atoms with Gasteiger partial charge in [0.15, 0.2) is 0 Å². The minimum Gasteiger partial charge on any atom is -0.317 e. The Hall–Kier alpha value is 0.270. The van der Waals surface area contributed by atoms with Crippen LogP contribution in [0, 0.1) is 5.92 Å². The van der Waals surface area contributed by atoms with Gasteiger partial charge in [0, 0.05) is 17.8 Å². The second kappa shape index (κ2) is 6.77. The number of hydrogen-bond acceptors (Lipinski definition) is 3. The standard InChI is InChI=1S/C12H26N2S/c1-5-13-8-11-6-7-12(11)14(3)10(2)9-15-4/h10-13H,5-9H2,1-4H3. The fourth-order valence-corrected chi connectivity index (χ4v) is 3.06. The average molecular weight is 230 g/mol. The zero-order valence-electron chi connectivity index (χ0n) is 10.6. The summed E-state index contributed by atoms with van der Waals surface area (Å²) in [4.78, 5) is 2.59. The molecule has 0 radical (unpaired) electrons. The van der Waals surface area contributed by atoms with Gasteiger partial charge in [0.2, 0.25) is 0 Å². The van der Waals surface area contributed by atoms with Crippen molar-refractivity contribution in [2.45, 2.75) is 38.8 Å². The first-order chi connectivity index (χ1) is 7.20. The molecule has 3 unspecified atom stereocenters. The third-order valence-corrected chi connectivity index (χ3v) is 4.48. The highest BCUT2D eigenvalue weighted by Crippen LogP contribution is 2.32. The third-order valence-electron chi connectivity index (χ3n) is 3.66. The van der Waals surface area contributed by atoms with Crippen LogP contribution in [0.5, 0.6) is 0 Å². The van der Waals surface area contributed by atoms with Crippen LogP contribution in [0.3, 0.4) is 0 Å². The predicted molar refractivity (Wildman–Crippen MR) is 70.7 cm³/mol. The van der Waals surface area contributed by atoms with E-state index in [-0.39, 0.29) is 0 Å². The van der Waals surface area contributed by atoms with E-state index >= 15 is 0 Å². The summed E-state index contributed by atoms with van der Waals surface area (Å²) in [6.45, 7) is 6.84. The van der Waals surface area contributed by atoms with Crippen molar-refractivity contribution >= 4 is 11.8 Å². The highest BCUT2D eigenvalue weighted by atomic mass is 32.2. The minimum atomic E-state index is 0.717. The number of thioether (sulfide) groups is 1. The van der Waals surface area contributed by atoms with Crippen molar-refractivity contribution in [2.75, 3.05) is 32.1 Å². The maximum Gasteiger partial charge on any atom is 0.0157 e. The molecule has 2 nitrogen and oxygen atoms in total. The molecule has 1 fully saturated rings. The van der Waals surface area contributed by atoms with Gasteiger partial charge in [-0.3, -0.25) is 4.90 Å². The number of hydrogen-bond donors (Lipinski definition) is 1. The smallest absolute Gasteiger partial charge is 0.0157 e. The van der Waals surface area contributed by atoms with E-state index in [1.807, 2.05) is 11.8 Å². The van der Waals surface area contributed by atoms with E-state index in [2.05, 4.69) is 37.4 Å². The first-order valence-corrected chi connectivity index (χ1v) is 7.51. The summed E-state index contributed by atoms with van der Waals surface area (Å²) in [5.41, 5.74) is 0. The zero-order chi connectivity index (χ0) is 11.3. The van der Waals surface area contributed by atoms with Crippen molar-refractivity contribution < 1.29 is 0 Å². The lowest BCUT2D eigenvalue weighted by atomic mass is 9.78. The second-order valence-electron chi connectivity index (χ2n) is 4.68. The van der Waals surface area contributed by atoms with Crippen LogP contribution in [-0.4, -0.2) is 49.1 Å². The Labute approximate surface area is 99.2 Å². The van der Waals surface area contributed by atoms with Crippen LogP contribution in [0.15, 0.2) is 0 Å². The Kier molecular flexibility index (Phi) is 6.02. The van der Waals surface area contributed by atoms with Crippen molar-refractivity contribution in [3.63, 3.8) is 0 Å². The van der Waals surface area contributed by atoms with Crippen molar-refractivity contribution in [1.29, 1.82) is 0 Å². The van der Waals surface area contributed by atoms with Crippen LogP contribution < -0.4 is 5.32 Å². The Morgan fingerprint density at radius 2 is 2.20 bits per heavy atom. The first kappa shape index (κ1) is 13.3. The van der Waals surface area contributed by atoms with Crippen LogP contribution in [0.25, 0.3) is 0 Å². The van der Waals surface area contributed by atoms with Gasteiger partial charge >= 0.3 is 0 Å². The first-order valence-electron chi connectivity index (χ1n) is 6.12. The monoisotopic (exact) mass is 230 g/mol. The Bertz CT molecular complexity index is 175.